The summed E-state index contributed by atoms with van der Waals surface area (Å²) in [5.74, 6) is 1.76. The third-order valence-corrected chi connectivity index (χ3v) is 4.14. The molecule has 1 aliphatic heterocycles. The fraction of sp³-hybridized carbons (Fsp3) is 0.625. The highest BCUT2D eigenvalue weighted by molar-refractivity contribution is 5.30. The van der Waals surface area contributed by atoms with Gasteiger partial charge in [-0.2, -0.15) is 0 Å². The number of hydrogen-bond acceptors (Lipinski definition) is 3. The molecule has 19 heavy (non-hydrogen) atoms. The maximum atomic E-state index is 5.28. The number of nitrogens with one attached hydrogen (secondary N) is 1. The Kier molecular flexibility index (Phi) is 5.23. The van der Waals surface area contributed by atoms with Crippen LogP contribution in [-0.4, -0.2) is 38.7 Å². The number of nitrogens with zero attached hydrogens (tertiary/aromatic N) is 1. The number of methoxy groups -OCH3 is 1. The lowest BCUT2D eigenvalue weighted by Crippen LogP contribution is -2.35. The van der Waals surface area contributed by atoms with Crippen LogP contribution >= 0.6 is 0 Å². The summed E-state index contributed by atoms with van der Waals surface area (Å²) in [5, 5.41) is 3.66. The van der Waals surface area contributed by atoms with Crippen LogP contribution in [0.3, 0.4) is 0 Å². The van der Waals surface area contributed by atoms with Crippen LogP contribution in [0.25, 0.3) is 0 Å². The minimum absolute atomic E-state index is 0.384. The highest BCUT2D eigenvalue weighted by atomic mass is 16.5. The molecule has 0 unspecified atom stereocenters. The van der Waals surface area contributed by atoms with E-state index in [1.54, 1.807) is 7.11 Å². The number of rotatable bonds is 5. The van der Waals surface area contributed by atoms with Crippen molar-refractivity contribution in [2.75, 3.05) is 33.8 Å². The van der Waals surface area contributed by atoms with Gasteiger partial charge in [-0.15, -0.1) is 0 Å². The lowest BCUT2D eigenvalue weighted by atomic mass is 9.96. The monoisotopic (exact) mass is 262 g/mol. The van der Waals surface area contributed by atoms with Crippen LogP contribution in [0.2, 0.25) is 0 Å². The third kappa shape index (κ3) is 4.22. The van der Waals surface area contributed by atoms with Crippen molar-refractivity contribution >= 4 is 0 Å². The molecule has 0 aliphatic carbocycles. The van der Waals surface area contributed by atoms with Gasteiger partial charge in [0.2, 0.25) is 0 Å². The van der Waals surface area contributed by atoms with E-state index >= 15 is 0 Å². The molecule has 0 aromatic heterocycles. The highest BCUT2D eigenvalue weighted by Crippen LogP contribution is 2.20. The molecule has 0 bridgehead atoms. The average molecular weight is 262 g/mol. The van der Waals surface area contributed by atoms with Gasteiger partial charge in [-0.05, 0) is 70.1 Å². The molecule has 0 radical (unpaired) electrons. The zero-order valence-electron chi connectivity index (χ0n) is 12.4. The van der Waals surface area contributed by atoms with Gasteiger partial charge >= 0.3 is 0 Å². The summed E-state index contributed by atoms with van der Waals surface area (Å²) in [6, 6.07) is 8.71. The van der Waals surface area contributed by atoms with Crippen molar-refractivity contribution in [1.29, 1.82) is 0 Å². The van der Waals surface area contributed by atoms with Gasteiger partial charge in [0, 0.05) is 6.04 Å². The highest BCUT2D eigenvalue weighted by Gasteiger charge is 2.17. The van der Waals surface area contributed by atoms with Crippen molar-refractivity contribution in [3.63, 3.8) is 0 Å². The second-order valence-corrected chi connectivity index (χ2v) is 5.65. The van der Waals surface area contributed by atoms with Crippen LogP contribution in [-0.2, 0) is 0 Å². The number of hydrogen-bond donors (Lipinski definition) is 1. The minimum Gasteiger partial charge on any atom is -0.497 e. The molecule has 0 saturated carbocycles. The predicted octanol–water partition coefficient (Wildman–Crippen LogP) is 2.69. The Balaban J connectivity index is 1.81. The van der Waals surface area contributed by atoms with Gasteiger partial charge in [-0.25, -0.2) is 0 Å². The van der Waals surface area contributed by atoms with Gasteiger partial charge in [0.05, 0.1) is 7.11 Å². The van der Waals surface area contributed by atoms with Crippen LogP contribution < -0.4 is 10.1 Å². The van der Waals surface area contributed by atoms with Gasteiger partial charge in [0.15, 0.2) is 0 Å². The largest absolute Gasteiger partial charge is 0.497 e. The summed E-state index contributed by atoms with van der Waals surface area (Å²) in [6.45, 7) is 5.82. The smallest absolute Gasteiger partial charge is 0.119 e. The molecule has 1 aromatic carbocycles. The van der Waals surface area contributed by atoms with E-state index in [9.17, 15) is 0 Å². The molecule has 1 heterocycles. The second kappa shape index (κ2) is 6.92. The maximum absolute atomic E-state index is 5.28. The van der Waals surface area contributed by atoms with E-state index in [2.05, 4.69) is 42.4 Å². The van der Waals surface area contributed by atoms with Gasteiger partial charge in [-0.3, -0.25) is 0 Å². The number of likely N-dealkylation sites (tertiary alicyclic amines) is 1. The predicted molar refractivity (Wildman–Crippen MR) is 79.6 cm³/mol. The van der Waals surface area contributed by atoms with Crippen molar-refractivity contribution in [2.24, 2.45) is 5.92 Å². The van der Waals surface area contributed by atoms with Crippen molar-refractivity contribution < 1.29 is 4.74 Å². The van der Waals surface area contributed by atoms with Gasteiger partial charge in [0.1, 0.15) is 5.75 Å². The van der Waals surface area contributed by atoms with Crippen molar-refractivity contribution in [3.8, 4) is 5.75 Å². The van der Waals surface area contributed by atoms with Crippen LogP contribution in [0.15, 0.2) is 24.3 Å². The Morgan fingerprint density at radius 1 is 1.37 bits per heavy atom. The molecule has 0 spiro atoms. The van der Waals surface area contributed by atoms with E-state index in [4.69, 9.17) is 4.74 Å². The van der Waals surface area contributed by atoms with E-state index in [1.807, 2.05) is 6.07 Å². The Bertz CT molecular complexity index is 386. The zero-order valence-corrected chi connectivity index (χ0v) is 12.4. The van der Waals surface area contributed by atoms with Gasteiger partial charge in [0.25, 0.3) is 0 Å². The normalized spacial score (nSPS) is 19.3. The van der Waals surface area contributed by atoms with Crippen LogP contribution in [0.4, 0.5) is 0 Å². The lowest BCUT2D eigenvalue weighted by Gasteiger charge is -2.30. The molecule has 0 amide bonds. The standard InChI is InChI=1S/C16H26N2O/c1-13(15-5-4-6-16(11-15)19-3)17-12-14-7-9-18(2)10-8-14/h4-6,11,13-14,17H,7-10,12H2,1-3H3/t13-/m1/s1. The number of ether oxygens (including phenoxy) is 1. The molecule has 3 nitrogen and oxygen atoms in total. The lowest BCUT2D eigenvalue weighted by molar-refractivity contribution is 0.213. The fourth-order valence-corrected chi connectivity index (χ4v) is 2.64. The molecule has 1 N–H and O–H groups in total. The maximum Gasteiger partial charge on any atom is 0.119 e. The van der Waals surface area contributed by atoms with Crippen molar-refractivity contribution in [2.45, 2.75) is 25.8 Å². The minimum atomic E-state index is 0.384. The summed E-state index contributed by atoms with van der Waals surface area (Å²) < 4.78 is 5.28. The van der Waals surface area contributed by atoms with E-state index in [1.165, 1.54) is 31.5 Å². The van der Waals surface area contributed by atoms with Crippen molar-refractivity contribution in [1.82, 2.24) is 10.2 Å². The summed E-state index contributed by atoms with van der Waals surface area (Å²) in [7, 11) is 3.93. The van der Waals surface area contributed by atoms with Crippen LogP contribution in [0, 0.1) is 5.92 Å². The average Bonchev–Trinajstić information content (AvgIpc) is 2.46. The van der Waals surface area contributed by atoms with Gasteiger partial charge < -0.3 is 15.0 Å². The topological polar surface area (TPSA) is 24.5 Å². The first-order valence-corrected chi connectivity index (χ1v) is 7.25. The molecular formula is C16H26N2O. The summed E-state index contributed by atoms with van der Waals surface area (Å²) in [6.07, 6.45) is 2.63. The second-order valence-electron chi connectivity index (χ2n) is 5.65. The molecule has 3 heteroatoms. The van der Waals surface area contributed by atoms with E-state index in [-0.39, 0.29) is 0 Å². The molecule has 1 saturated heterocycles. The first-order chi connectivity index (χ1) is 9.19. The van der Waals surface area contributed by atoms with Crippen LogP contribution in [0.1, 0.15) is 31.4 Å². The quantitative estimate of drug-likeness (QED) is 0.883. The Morgan fingerprint density at radius 2 is 2.11 bits per heavy atom. The molecular weight excluding hydrogens is 236 g/mol. The van der Waals surface area contributed by atoms with Crippen molar-refractivity contribution in [3.05, 3.63) is 29.8 Å². The molecule has 106 valence electrons. The summed E-state index contributed by atoms with van der Waals surface area (Å²) >= 11 is 0. The Labute approximate surface area is 116 Å². The van der Waals surface area contributed by atoms with Gasteiger partial charge in [-0.1, -0.05) is 12.1 Å². The van der Waals surface area contributed by atoms with Crippen LogP contribution in [0.5, 0.6) is 5.75 Å². The number of benzene rings is 1. The first-order valence-electron chi connectivity index (χ1n) is 7.25. The third-order valence-electron chi connectivity index (χ3n) is 4.14. The van der Waals surface area contributed by atoms with E-state index < -0.39 is 0 Å². The zero-order chi connectivity index (χ0) is 13.7. The SMILES string of the molecule is COc1cccc([C@@H](C)NCC2CCN(C)CC2)c1. The molecule has 1 aromatic rings. The first kappa shape index (κ1) is 14.4. The molecule has 1 aliphatic rings. The summed E-state index contributed by atoms with van der Waals surface area (Å²) in [4.78, 5) is 2.42. The van der Waals surface area contributed by atoms with E-state index in [0.29, 0.717) is 6.04 Å². The molecule has 2 rings (SSSR count). The summed E-state index contributed by atoms with van der Waals surface area (Å²) in [5.41, 5.74) is 1.30. The fourth-order valence-electron chi connectivity index (χ4n) is 2.64. The Hall–Kier alpha value is -1.06. The molecule has 1 atom stereocenters. The number of piperidine rings is 1. The van der Waals surface area contributed by atoms with E-state index in [0.717, 1.165) is 18.2 Å². The Morgan fingerprint density at radius 3 is 2.79 bits per heavy atom. The molecule has 1 fully saturated rings.